The van der Waals surface area contributed by atoms with E-state index in [-0.39, 0.29) is 27.1 Å². The number of aryl methyl sites for hydroxylation is 3. The second-order valence-electron chi connectivity index (χ2n) is 8.47. The van der Waals surface area contributed by atoms with Crippen molar-refractivity contribution < 1.29 is 27.5 Å². The van der Waals surface area contributed by atoms with Crippen molar-refractivity contribution in [3.8, 4) is 23.0 Å². The first-order valence-electron chi connectivity index (χ1n) is 11.7. The van der Waals surface area contributed by atoms with E-state index in [2.05, 4.69) is 0 Å². The molecular weight excluding hydrogens is 524 g/mol. The fourth-order valence-corrected chi connectivity index (χ4v) is 4.89. The number of non-ortho nitro benzene ring substituents is 1. The summed E-state index contributed by atoms with van der Waals surface area (Å²) in [6.45, 7) is 5.99. The summed E-state index contributed by atoms with van der Waals surface area (Å²) in [5.41, 5.74) is 3.56. The van der Waals surface area contributed by atoms with Gasteiger partial charge in [-0.15, -0.1) is 0 Å². The fraction of sp³-hybridized carbons (Fsp3) is 0.143. The minimum atomic E-state index is -2.03. The van der Waals surface area contributed by atoms with Crippen molar-refractivity contribution in [1.82, 2.24) is 0 Å². The molecule has 10 heteroatoms. The summed E-state index contributed by atoms with van der Waals surface area (Å²) >= 11 is 0. The van der Waals surface area contributed by atoms with Crippen LogP contribution in [0.3, 0.4) is 0 Å². The molecule has 4 aromatic rings. The quantitative estimate of drug-likeness (QED) is 0.0756. The third-order valence-electron chi connectivity index (χ3n) is 5.21. The second kappa shape index (κ2) is 13.2. The van der Waals surface area contributed by atoms with Crippen molar-refractivity contribution in [2.75, 3.05) is 0 Å². The van der Waals surface area contributed by atoms with Crippen LogP contribution in [-0.4, -0.2) is 4.92 Å². The summed E-state index contributed by atoms with van der Waals surface area (Å²) in [5.74, 6) is 2.04. The first kappa shape index (κ1) is 27.3. The van der Waals surface area contributed by atoms with E-state index in [0.717, 1.165) is 16.7 Å². The average Bonchev–Trinajstić information content (AvgIpc) is 2.87. The summed E-state index contributed by atoms with van der Waals surface area (Å²) in [7, 11) is -2.31. The van der Waals surface area contributed by atoms with E-state index < -0.39 is 13.5 Å². The molecule has 0 saturated heterocycles. The van der Waals surface area contributed by atoms with Gasteiger partial charge in [0, 0.05) is 11.6 Å². The Morgan fingerprint density at radius 3 is 1.84 bits per heavy atom. The van der Waals surface area contributed by atoms with Gasteiger partial charge in [0.15, 0.2) is 0 Å². The summed E-state index contributed by atoms with van der Waals surface area (Å²) in [4.78, 5) is 11.0. The Kier molecular flexibility index (Phi) is 9.50. The van der Waals surface area contributed by atoms with Crippen LogP contribution in [0.5, 0.6) is 23.0 Å². The molecule has 4 aromatic carbocycles. The first-order chi connectivity index (χ1) is 18.4. The molecular formula is C28H27NO7P2. The Labute approximate surface area is 224 Å². The second-order valence-corrected chi connectivity index (χ2v) is 10.1. The number of hydrogen-bond donors (Lipinski definition) is 0. The summed E-state index contributed by atoms with van der Waals surface area (Å²) in [6.07, 6.45) is 0. The Hall–Kier alpha value is -3.70. The van der Waals surface area contributed by atoms with Crippen molar-refractivity contribution in [3.63, 3.8) is 0 Å². The molecule has 0 aromatic heterocycles. The number of benzene rings is 4. The predicted octanol–water partition coefficient (Wildman–Crippen LogP) is 8.39. The summed E-state index contributed by atoms with van der Waals surface area (Å²) in [6, 6.07) is 26.9. The molecule has 0 bridgehead atoms. The first-order valence-corrected chi connectivity index (χ1v) is 13.6. The highest BCUT2D eigenvalue weighted by atomic mass is 31.2. The van der Waals surface area contributed by atoms with Gasteiger partial charge in [0.25, 0.3) is 5.69 Å². The highest BCUT2D eigenvalue weighted by molar-refractivity contribution is 7.43. The van der Waals surface area contributed by atoms with Gasteiger partial charge in [0.2, 0.25) is 9.03 Å². The SMILES string of the molecule is Cc1cccc(OPOCc2ccc([N+](=O)[O-])cc2OP(Oc2cccc(C)c2)Oc2cccc(C)c2)c1. The number of nitro groups is 1. The van der Waals surface area contributed by atoms with Crippen LogP contribution in [0.1, 0.15) is 22.3 Å². The highest BCUT2D eigenvalue weighted by Crippen LogP contribution is 2.44. The van der Waals surface area contributed by atoms with Crippen molar-refractivity contribution >= 4 is 23.3 Å². The lowest BCUT2D eigenvalue weighted by Crippen LogP contribution is -2.05. The average molecular weight is 551 g/mol. The molecule has 0 aliphatic heterocycles. The lowest BCUT2D eigenvalue weighted by atomic mass is 10.2. The molecule has 0 amide bonds. The molecule has 0 saturated carbocycles. The standard InChI is InChI=1S/C28H27NO7P2/c1-20-7-4-10-25(15-20)33-37-32-19-23-13-14-24(29(30)31)18-28(23)36-38(34-26-11-5-8-21(2)16-26)35-27-12-6-9-22(3)17-27/h4-18,37H,19H2,1-3H3. The molecule has 1 atom stereocenters. The van der Waals surface area contributed by atoms with E-state index >= 15 is 0 Å². The van der Waals surface area contributed by atoms with Gasteiger partial charge in [-0.05, 0) is 79.9 Å². The number of hydrogen-bond acceptors (Lipinski definition) is 7. The molecule has 0 aliphatic rings. The zero-order valence-corrected chi connectivity index (χ0v) is 23.0. The molecule has 0 N–H and O–H groups in total. The number of nitrogens with zero attached hydrogens (tertiary/aromatic N) is 1. The Morgan fingerprint density at radius 2 is 1.29 bits per heavy atom. The van der Waals surface area contributed by atoms with E-state index in [1.165, 1.54) is 12.1 Å². The molecule has 38 heavy (non-hydrogen) atoms. The highest BCUT2D eigenvalue weighted by Gasteiger charge is 2.23. The lowest BCUT2D eigenvalue weighted by Gasteiger charge is -2.20. The third kappa shape index (κ3) is 8.15. The maximum Gasteiger partial charge on any atom is 0.530 e. The third-order valence-corrected chi connectivity index (χ3v) is 6.86. The van der Waals surface area contributed by atoms with Crippen LogP contribution in [0.2, 0.25) is 0 Å². The van der Waals surface area contributed by atoms with E-state index in [1.54, 1.807) is 18.2 Å². The van der Waals surface area contributed by atoms with Crippen molar-refractivity contribution in [3.05, 3.63) is 123 Å². The van der Waals surface area contributed by atoms with Crippen LogP contribution in [0.25, 0.3) is 0 Å². The van der Waals surface area contributed by atoms with Gasteiger partial charge in [-0.25, -0.2) is 0 Å². The predicted molar refractivity (Wildman–Crippen MR) is 149 cm³/mol. The van der Waals surface area contributed by atoms with Gasteiger partial charge in [0.05, 0.1) is 17.6 Å². The Bertz CT molecular complexity index is 1350. The molecule has 0 aliphatic carbocycles. The van der Waals surface area contributed by atoms with Crippen LogP contribution < -0.4 is 18.1 Å². The molecule has 8 nitrogen and oxygen atoms in total. The van der Waals surface area contributed by atoms with Gasteiger partial charge >= 0.3 is 8.60 Å². The molecule has 1 unspecified atom stereocenters. The van der Waals surface area contributed by atoms with Gasteiger partial charge < -0.3 is 22.6 Å². The Balaban J connectivity index is 1.54. The maximum absolute atomic E-state index is 11.5. The molecule has 0 radical (unpaired) electrons. The van der Waals surface area contributed by atoms with Gasteiger partial charge in [-0.2, -0.15) is 0 Å². The fourth-order valence-electron chi connectivity index (χ4n) is 3.38. The Morgan fingerprint density at radius 1 is 0.737 bits per heavy atom. The van der Waals surface area contributed by atoms with E-state index in [9.17, 15) is 10.1 Å². The van der Waals surface area contributed by atoms with Gasteiger partial charge in [0.1, 0.15) is 23.0 Å². The summed E-state index contributed by atoms with van der Waals surface area (Å²) < 4.78 is 29.7. The van der Waals surface area contributed by atoms with Crippen molar-refractivity contribution in [1.29, 1.82) is 0 Å². The number of rotatable bonds is 12. The molecule has 0 fully saturated rings. The minimum absolute atomic E-state index is 0.107. The van der Waals surface area contributed by atoms with Crippen LogP contribution >= 0.6 is 17.6 Å². The normalized spacial score (nSPS) is 11.1. The molecule has 0 spiro atoms. The van der Waals surface area contributed by atoms with E-state index in [0.29, 0.717) is 22.8 Å². The molecule has 4 rings (SSSR count). The summed E-state index contributed by atoms with van der Waals surface area (Å²) in [5, 5.41) is 11.5. The van der Waals surface area contributed by atoms with Crippen molar-refractivity contribution in [2.24, 2.45) is 0 Å². The lowest BCUT2D eigenvalue weighted by molar-refractivity contribution is -0.384. The van der Waals surface area contributed by atoms with Gasteiger partial charge in [-0.3, -0.25) is 10.1 Å². The molecule has 196 valence electrons. The van der Waals surface area contributed by atoms with Crippen LogP contribution in [0, 0.1) is 30.9 Å². The smallest absolute Gasteiger partial charge is 0.450 e. The molecule has 0 heterocycles. The maximum atomic E-state index is 11.5. The van der Waals surface area contributed by atoms with Crippen LogP contribution in [0.4, 0.5) is 5.69 Å². The minimum Gasteiger partial charge on any atom is -0.450 e. The zero-order valence-electron chi connectivity index (χ0n) is 21.1. The number of nitro benzene ring substituents is 1. The largest absolute Gasteiger partial charge is 0.530 e. The van der Waals surface area contributed by atoms with E-state index in [4.69, 9.17) is 22.6 Å². The zero-order chi connectivity index (χ0) is 26.9. The monoisotopic (exact) mass is 551 g/mol. The van der Waals surface area contributed by atoms with Crippen LogP contribution in [-0.2, 0) is 11.1 Å². The topological polar surface area (TPSA) is 89.3 Å². The van der Waals surface area contributed by atoms with Gasteiger partial charge in [-0.1, -0.05) is 36.4 Å². The van der Waals surface area contributed by atoms with Crippen LogP contribution in [0.15, 0.2) is 91.0 Å². The van der Waals surface area contributed by atoms with Crippen molar-refractivity contribution in [2.45, 2.75) is 27.4 Å². The van der Waals surface area contributed by atoms with E-state index in [1.807, 2.05) is 81.4 Å².